The van der Waals surface area contributed by atoms with E-state index >= 15 is 0 Å². The minimum atomic E-state index is -3.12. The molecule has 2 aliphatic heterocycles. The molecule has 3 rings (SSSR count). The van der Waals surface area contributed by atoms with Crippen molar-refractivity contribution in [2.24, 2.45) is 0 Å². The van der Waals surface area contributed by atoms with Crippen LogP contribution in [0.2, 0.25) is 0 Å². The molecule has 3 atom stereocenters. The maximum absolute atomic E-state index is 12.3. The van der Waals surface area contributed by atoms with E-state index in [-0.39, 0.29) is 36.3 Å². The fourth-order valence-electron chi connectivity index (χ4n) is 3.64. The monoisotopic (exact) mass is 382 g/mol. The molecule has 0 N–H and O–H groups in total. The van der Waals surface area contributed by atoms with Crippen LogP contribution in [0.15, 0.2) is 24.5 Å². The summed E-state index contributed by atoms with van der Waals surface area (Å²) in [7, 11) is -3.12. The van der Waals surface area contributed by atoms with Gasteiger partial charge in [0.15, 0.2) is 0 Å². The van der Waals surface area contributed by atoms with Gasteiger partial charge >= 0.3 is 0 Å². The molecule has 1 aromatic heterocycles. The minimum absolute atomic E-state index is 0.0259. The highest BCUT2D eigenvalue weighted by Crippen LogP contribution is 2.32. The van der Waals surface area contributed by atoms with Gasteiger partial charge in [0.2, 0.25) is 5.91 Å². The number of carbonyl (C=O) groups excluding carboxylic acids is 1. The van der Waals surface area contributed by atoms with Crippen molar-refractivity contribution in [3.8, 4) is 0 Å². The Morgan fingerprint density at radius 1 is 1.38 bits per heavy atom. The SMILES string of the molecule is CS(=O)(=O)CCC(=O)N1CC[C@H]2O[C@H](COCc3cccnc3)CC[C@H]21. The van der Waals surface area contributed by atoms with E-state index in [1.165, 1.54) is 0 Å². The first-order valence-electron chi connectivity index (χ1n) is 9.02. The molecule has 0 saturated carbocycles. The zero-order valence-electron chi connectivity index (χ0n) is 15.0. The van der Waals surface area contributed by atoms with Crippen molar-refractivity contribution in [2.45, 2.75) is 50.5 Å². The van der Waals surface area contributed by atoms with Crippen molar-refractivity contribution in [2.75, 3.05) is 25.2 Å². The molecule has 144 valence electrons. The Bertz CT molecular complexity index is 710. The van der Waals surface area contributed by atoms with Gasteiger partial charge in [-0.15, -0.1) is 0 Å². The second kappa shape index (κ2) is 8.45. The number of hydrogen-bond acceptors (Lipinski definition) is 6. The molecule has 26 heavy (non-hydrogen) atoms. The van der Waals surface area contributed by atoms with Crippen LogP contribution < -0.4 is 0 Å². The molecule has 0 aromatic carbocycles. The van der Waals surface area contributed by atoms with E-state index in [1.54, 1.807) is 12.4 Å². The van der Waals surface area contributed by atoms with E-state index in [9.17, 15) is 13.2 Å². The predicted molar refractivity (Wildman–Crippen MR) is 96.2 cm³/mol. The van der Waals surface area contributed by atoms with Gasteiger partial charge in [0.25, 0.3) is 0 Å². The summed E-state index contributed by atoms with van der Waals surface area (Å²) in [5, 5.41) is 0. The molecule has 0 bridgehead atoms. The van der Waals surface area contributed by atoms with Crippen LogP contribution in [0.5, 0.6) is 0 Å². The van der Waals surface area contributed by atoms with E-state index in [0.29, 0.717) is 19.8 Å². The molecule has 2 saturated heterocycles. The van der Waals surface area contributed by atoms with Gasteiger partial charge in [-0.25, -0.2) is 8.42 Å². The van der Waals surface area contributed by atoms with Crippen LogP contribution in [0.1, 0.15) is 31.2 Å². The lowest BCUT2D eigenvalue weighted by molar-refractivity contribution is -0.138. The number of likely N-dealkylation sites (tertiary alicyclic amines) is 1. The molecule has 1 aromatic rings. The first-order chi connectivity index (χ1) is 12.4. The van der Waals surface area contributed by atoms with Gasteiger partial charge in [0, 0.05) is 31.6 Å². The molecule has 0 radical (unpaired) electrons. The number of hydrogen-bond donors (Lipinski definition) is 0. The summed E-state index contributed by atoms with van der Waals surface area (Å²) in [4.78, 5) is 18.2. The average molecular weight is 382 g/mol. The van der Waals surface area contributed by atoms with Crippen LogP contribution in [0, 0.1) is 0 Å². The van der Waals surface area contributed by atoms with Gasteiger partial charge in [-0.1, -0.05) is 6.07 Å². The number of carbonyl (C=O) groups is 1. The van der Waals surface area contributed by atoms with Crippen LogP contribution in [0.4, 0.5) is 0 Å². The molecule has 7 nitrogen and oxygen atoms in total. The Morgan fingerprint density at radius 2 is 2.23 bits per heavy atom. The lowest BCUT2D eigenvalue weighted by atomic mass is 9.99. The summed E-state index contributed by atoms with van der Waals surface area (Å²) < 4.78 is 34.4. The van der Waals surface area contributed by atoms with Crippen molar-refractivity contribution in [3.63, 3.8) is 0 Å². The lowest BCUT2D eigenvalue weighted by Gasteiger charge is -2.36. The number of pyridine rings is 1. The molecule has 0 spiro atoms. The van der Waals surface area contributed by atoms with Crippen molar-refractivity contribution in [3.05, 3.63) is 30.1 Å². The van der Waals surface area contributed by atoms with Crippen LogP contribution in [-0.4, -0.2) is 67.6 Å². The molecular weight excluding hydrogens is 356 g/mol. The lowest BCUT2D eigenvalue weighted by Crippen LogP contribution is -2.46. The van der Waals surface area contributed by atoms with E-state index < -0.39 is 9.84 Å². The van der Waals surface area contributed by atoms with Crippen LogP contribution in [0.3, 0.4) is 0 Å². The van der Waals surface area contributed by atoms with Crippen LogP contribution in [-0.2, 0) is 30.7 Å². The Labute approximate surface area is 154 Å². The molecule has 2 aliphatic rings. The summed E-state index contributed by atoms with van der Waals surface area (Å²) in [5.74, 6) is -0.177. The Balaban J connectivity index is 1.43. The van der Waals surface area contributed by atoms with E-state index in [2.05, 4.69) is 4.98 Å². The second-order valence-corrected chi connectivity index (χ2v) is 9.33. The number of rotatable bonds is 7. The quantitative estimate of drug-likeness (QED) is 0.704. The number of nitrogens with zero attached hydrogens (tertiary/aromatic N) is 2. The highest BCUT2D eigenvalue weighted by atomic mass is 32.2. The Kier molecular flexibility index (Phi) is 6.26. The van der Waals surface area contributed by atoms with Gasteiger partial charge in [-0.3, -0.25) is 9.78 Å². The number of amides is 1. The number of sulfone groups is 1. The molecule has 1 amide bonds. The second-order valence-electron chi connectivity index (χ2n) is 7.07. The van der Waals surface area contributed by atoms with Crippen molar-refractivity contribution in [1.29, 1.82) is 0 Å². The van der Waals surface area contributed by atoms with Gasteiger partial charge in [0.05, 0.1) is 37.2 Å². The molecular formula is C18H26N2O5S. The number of ether oxygens (including phenoxy) is 2. The van der Waals surface area contributed by atoms with Gasteiger partial charge in [-0.2, -0.15) is 0 Å². The zero-order chi connectivity index (χ0) is 18.6. The number of fused-ring (bicyclic) bond motifs is 1. The summed E-state index contributed by atoms with van der Waals surface area (Å²) in [6.45, 7) is 1.68. The average Bonchev–Trinajstić information content (AvgIpc) is 3.03. The Morgan fingerprint density at radius 3 is 2.96 bits per heavy atom. The highest BCUT2D eigenvalue weighted by Gasteiger charge is 2.41. The van der Waals surface area contributed by atoms with Crippen LogP contribution >= 0.6 is 0 Å². The summed E-state index contributed by atoms with van der Waals surface area (Å²) in [6, 6.07) is 3.92. The molecule has 0 unspecified atom stereocenters. The van der Waals surface area contributed by atoms with Crippen molar-refractivity contribution < 1.29 is 22.7 Å². The molecule has 0 aliphatic carbocycles. The van der Waals surface area contributed by atoms with Crippen molar-refractivity contribution >= 4 is 15.7 Å². The third-order valence-electron chi connectivity index (χ3n) is 4.94. The molecule has 3 heterocycles. The molecule has 2 fully saturated rings. The van der Waals surface area contributed by atoms with E-state index in [1.807, 2.05) is 17.0 Å². The fourth-order valence-corrected chi connectivity index (χ4v) is 4.18. The Hall–Kier alpha value is -1.51. The first-order valence-corrected chi connectivity index (χ1v) is 11.1. The van der Waals surface area contributed by atoms with Gasteiger partial charge < -0.3 is 14.4 Å². The summed E-state index contributed by atoms with van der Waals surface area (Å²) in [5.41, 5.74) is 1.03. The van der Waals surface area contributed by atoms with Crippen molar-refractivity contribution in [1.82, 2.24) is 9.88 Å². The third kappa shape index (κ3) is 5.25. The van der Waals surface area contributed by atoms with Crippen LogP contribution in [0.25, 0.3) is 0 Å². The zero-order valence-corrected chi connectivity index (χ0v) is 15.9. The highest BCUT2D eigenvalue weighted by molar-refractivity contribution is 7.90. The standard InChI is InChI=1S/C18H26N2O5S/c1-26(22,23)10-7-18(21)20-9-6-17-16(20)5-4-15(25-17)13-24-12-14-3-2-8-19-11-14/h2-3,8,11,15-17H,4-7,9-10,12-13H2,1H3/t15-,16+,17+/m0/s1. The summed E-state index contributed by atoms with van der Waals surface area (Å²) >= 11 is 0. The number of aromatic nitrogens is 1. The maximum Gasteiger partial charge on any atom is 0.223 e. The van der Waals surface area contributed by atoms with E-state index in [0.717, 1.165) is 31.1 Å². The van der Waals surface area contributed by atoms with Gasteiger partial charge in [-0.05, 0) is 30.9 Å². The minimum Gasteiger partial charge on any atom is -0.374 e. The molecule has 8 heteroatoms. The van der Waals surface area contributed by atoms with E-state index in [4.69, 9.17) is 9.47 Å². The fraction of sp³-hybridized carbons (Fsp3) is 0.667. The summed E-state index contributed by atoms with van der Waals surface area (Å²) in [6.07, 6.45) is 7.31. The first kappa shape index (κ1) is 19.3. The van der Waals surface area contributed by atoms with Gasteiger partial charge in [0.1, 0.15) is 9.84 Å². The smallest absolute Gasteiger partial charge is 0.223 e. The predicted octanol–water partition coefficient (Wildman–Crippen LogP) is 1.18. The third-order valence-corrected chi connectivity index (χ3v) is 5.88. The largest absolute Gasteiger partial charge is 0.374 e. The topological polar surface area (TPSA) is 85.8 Å². The maximum atomic E-state index is 12.3. The normalized spacial score (nSPS) is 25.9.